The third-order valence-electron chi connectivity index (χ3n) is 4.76. The molecule has 0 bridgehead atoms. The van der Waals surface area contributed by atoms with E-state index < -0.39 is 0 Å². The average molecular weight is 289 g/mol. The molecule has 1 saturated heterocycles. The molecule has 0 aromatic carbocycles. The molecule has 19 heavy (non-hydrogen) atoms. The van der Waals surface area contributed by atoms with Crippen LogP contribution in [0.4, 0.5) is 0 Å². The number of nitrogens with one attached hydrogen (secondary N) is 2. The lowest BCUT2D eigenvalue weighted by Crippen LogP contribution is -2.48. The van der Waals surface area contributed by atoms with Crippen LogP contribution in [0.15, 0.2) is 0 Å². The van der Waals surface area contributed by atoms with E-state index in [1.165, 1.54) is 19.3 Å². The molecular weight excluding hydrogens is 260 g/mol. The molecule has 0 radical (unpaired) electrons. The van der Waals surface area contributed by atoms with E-state index >= 15 is 0 Å². The van der Waals surface area contributed by atoms with Crippen molar-refractivity contribution in [1.29, 1.82) is 0 Å². The van der Waals surface area contributed by atoms with Crippen LogP contribution in [0.5, 0.6) is 0 Å². The monoisotopic (exact) mass is 288 g/mol. The van der Waals surface area contributed by atoms with Gasteiger partial charge in [-0.3, -0.25) is 4.79 Å². The van der Waals surface area contributed by atoms with E-state index in [9.17, 15) is 4.79 Å². The second kappa shape index (κ2) is 8.11. The van der Waals surface area contributed by atoms with Crippen molar-refractivity contribution in [2.24, 2.45) is 11.8 Å². The highest BCUT2D eigenvalue weighted by molar-refractivity contribution is 5.85. The van der Waals surface area contributed by atoms with Crippen molar-refractivity contribution < 1.29 is 4.79 Å². The van der Waals surface area contributed by atoms with Crippen LogP contribution < -0.4 is 10.6 Å². The molecule has 1 aliphatic heterocycles. The Bertz CT molecular complexity index is 277. The van der Waals surface area contributed by atoms with Gasteiger partial charge in [-0.15, -0.1) is 12.4 Å². The molecule has 2 rings (SSSR count). The van der Waals surface area contributed by atoms with Crippen LogP contribution in [-0.4, -0.2) is 24.5 Å². The Labute approximate surface area is 123 Å². The Morgan fingerprint density at radius 3 is 2.47 bits per heavy atom. The molecule has 0 spiro atoms. The van der Waals surface area contributed by atoms with Gasteiger partial charge in [0.2, 0.25) is 5.91 Å². The second-order valence-corrected chi connectivity index (χ2v) is 6.21. The minimum Gasteiger partial charge on any atom is -0.353 e. The normalized spacial score (nSPS) is 35.3. The molecule has 2 fully saturated rings. The molecule has 1 amide bonds. The van der Waals surface area contributed by atoms with Crippen molar-refractivity contribution >= 4 is 18.3 Å². The number of rotatable bonds is 3. The fourth-order valence-corrected chi connectivity index (χ4v) is 3.41. The number of carbonyl (C=O) groups excluding carboxylic acids is 1. The summed E-state index contributed by atoms with van der Waals surface area (Å²) in [5.41, 5.74) is 0. The van der Waals surface area contributed by atoms with E-state index in [1.807, 2.05) is 0 Å². The van der Waals surface area contributed by atoms with E-state index in [4.69, 9.17) is 0 Å². The summed E-state index contributed by atoms with van der Waals surface area (Å²) in [7, 11) is 0. The zero-order valence-corrected chi connectivity index (χ0v) is 13.1. The standard InChI is InChI=1S/C15H28N2O.ClH/c1-3-12-4-6-13(7-5-12)15(18)17-14-8-9-16-11(2)10-14;/h11-14,16H,3-10H2,1-2H3,(H,17,18);1H. The lowest BCUT2D eigenvalue weighted by Gasteiger charge is -2.32. The molecule has 2 N–H and O–H groups in total. The maximum atomic E-state index is 12.2. The number of hydrogen-bond acceptors (Lipinski definition) is 2. The van der Waals surface area contributed by atoms with Gasteiger partial charge < -0.3 is 10.6 Å². The summed E-state index contributed by atoms with van der Waals surface area (Å²) in [6, 6.07) is 0.942. The molecular formula is C15H29ClN2O. The molecule has 3 nitrogen and oxygen atoms in total. The van der Waals surface area contributed by atoms with Gasteiger partial charge in [-0.05, 0) is 57.9 Å². The molecule has 2 aliphatic rings. The SMILES string of the molecule is CCC1CCC(C(=O)NC2CCNC(C)C2)CC1.Cl. The second-order valence-electron chi connectivity index (χ2n) is 6.21. The molecule has 1 aliphatic carbocycles. The maximum absolute atomic E-state index is 12.2. The summed E-state index contributed by atoms with van der Waals surface area (Å²) in [4.78, 5) is 12.2. The molecule has 0 aromatic rings. The van der Waals surface area contributed by atoms with Gasteiger partial charge in [0.05, 0.1) is 0 Å². The predicted molar refractivity (Wildman–Crippen MR) is 81.6 cm³/mol. The number of amides is 1. The van der Waals surface area contributed by atoms with Crippen LogP contribution in [0.2, 0.25) is 0 Å². The minimum atomic E-state index is 0. The van der Waals surface area contributed by atoms with Crippen LogP contribution >= 0.6 is 12.4 Å². The van der Waals surface area contributed by atoms with E-state index in [1.54, 1.807) is 0 Å². The van der Waals surface area contributed by atoms with Gasteiger partial charge in [0.15, 0.2) is 0 Å². The third-order valence-corrected chi connectivity index (χ3v) is 4.76. The molecule has 2 atom stereocenters. The number of halogens is 1. The van der Waals surface area contributed by atoms with Gasteiger partial charge in [-0.2, -0.15) is 0 Å². The molecule has 2 unspecified atom stereocenters. The quantitative estimate of drug-likeness (QED) is 0.838. The molecule has 112 valence electrons. The van der Waals surface area contributed by atoms with Crippen LogP contribution in [0, 0.1) is 11.8 Å². The van der Waals surface area contributed by atoms with Crippen LogP contribution in [0.25, 0.3) is 0 Å². The van der Waals surface area contributed by atoms with Gasteiger partial charge in [0.1, 0.15) is 0 Å². The minimum absolute atomic E-state index is 0. The smallest absolute Gasteiger partial charge is 0.223 e. The number of carbonyl (C=O) groups is 1. The summed E-state index contributed by atoms with van der Waals surface area (Å²) in [6.07, 6.45) is 8.14. The van der Waals surface area contributed by atoms with Crippen LogP contribution in [0.3, 0.4) is 0 Å². The van der Waals surface area contributed by atoms with E-state index in [0.29, 0.717) is 18.0 Å². The Kier molecular flexibility index (Phi) is 7.16. The molecule has 1 saturated carbocycles. The average Bonchev–Trinajstić information content (AvgIpc) is 2.39. The lowest BCUT2D eigenvalue weighted by atomic mass is 9.80. The first-order chi connectivity index (χ1) is 8.69. The molecule has 4 heteroatoms. The van der Waals surface area contributed by atoms with Crippen molar-refractivity contribution in [1.82, 2.24) is 10.6 Å². The maximum Gasteiger partial charge on any atom is 0.223 e. The predicted octanol–water partition coefficient (Wildman–Crippen LogP) is 2.88. The highest BCUT2D eigenvalue weighted by Crippen LogP contribution is 2.30. The highest BCUT2D eigenvalue weighted by atomic mass is 35.5. The van der Waals surface area contributed by atoms with Gasteiger partial charge in [0.25, 0.3) is 0 Å². The molecule has 1 heterocycles. The number of hydrogen-bond donors (Lipinski definition) is 2. The van der Waals surface area contributed by atoms with Crippen molar-refractivity contribution in [2.75, 3.05) is 6.54 Å². The van der Waals surface area contributed by atoms with Crippen molar-refractivity contribution in [3.63, 3.8) is 0 Å². The summed E-state index contributed by atoms with van der Waals surface area (Å²) in [6.45, 7) is 5.50. The lowest BCUT2D eigenvalue weighted by molar-refractivity contribution is -0.127. The zero-order chi connectivity index (χ0) is 13.0. The van der Waals surface area contributed by atoms with E-state index in [0.717, 1.165) is 38.1 Å². The van der Waals surface area contributed by atoms with E-state index in [2.05, 4.69) is 24.5 Å². The van der Waals surface area contributed by atoms with Gasteiger partial charge in [0, 0.05) is 18.0 Å². The van der Waals surface area contributed by atoms with Crippen LogP contribution in [-0.2, 0) is 4.79 Å². The third kappa shape index (κ3) is 4.96. The summed E-state index contributed by atoms with van der Waals surface area (Å²) >= 11 is 0. The molecule has 0 aromatic heterocycles. The van der Waals surface area contributed by atoms with E-state index in [-0.39, 0.29) is 18.3 Å². The first-order valence-corrected chi connectivity index (χ1v) is 7.72. The Hall–Kier alpha value is -0.280. The summed E-state index contributed by atoms with van der Waals surface area (Å²) in [5, 5.41) is 6.70. The fourth-order valence-electron chi connectivity index (χ4n) is 3.41. The summed E-state index contributed by atoms with van der Waals surface area (Å²) in [5.74, 6) is 1.48. The number of piperidine rings is 1. The Balaban J connectivity index is 0.00000180. The summed E-state index contributed by atoms with van der Waals surface area (Å²) < 4.78 is 0. The Morgan fingerprint density at radius 1 is 1.21 bits per heavy atom. The first-order valence-electron chi connectivity index (χ1n) is 7.72. The largest absolute Gasteiger partial charge is 0.353 e. The van der Waals surface area contributed by atoms with Crippen molar-refractivity contribution in [3.8, 4) is 0 Å². The van der Waals surface area contributed by atoms with Crippen molar-refractivity contribution in [3.05, 3.63) is 0 Å². The fraction of sp³-hybridized carbons (Fsp3) is 0.933. The topological polar surface area (TPSA) is 41.1 Å². The first kappa shape index (κ1) is 16.8. The van der Waals surface area contributed by atoms with Crippen LogP contribution in [0.1, 0.15) is 58.8 Å². The zero-order valence-electron chi connectivity index (χ0n) is 12.3. The highest BCUT2D eigenvalue weighted by Gasteiger charge is 2.28. The Morgan fingerprint density at radius 2 is 1.89 bits per heavy atom. The van der Waals surface area contributed by atoms with Crippen molar-refractivity contribution in [2.45, 2.75) is 70.9 Å². The van der Waals surface area contributed by atoms with Gasteiger partial charge in [-0.1, -0.05) is 13.3 Å². The van der Waals surface area contributed by atoms with Gasteiger partial charge in [-0.25, -0.2) is 0 Å². The van der Waals surface area contributed by atoms with Gasteiger partial charge >= 0.3 is 0 Å².